The van der Waals surface area contributed by atoms with Crippen molar-refractivity contribution in [1.82, 2.24) is 19.6 Å². The molecule has 0 atom stereocenters. The minimum absolute atomic E-state index is 0.0410. The molecule has 1 aromatic heterocycles. The van der Waals surface area contributed by atoms with Gasteiger partial charge in [-0.15, -0.1) is 0 Å². The second kappa shape index (κ2) is 10.6. The lowest BCUT2D eigenvalue weighted by Crippen LogP contribution is -2.39. The van der Waals surface area contributed by atoms with Crippen molar-refractivity contribution in [1.29, 1.82) is 0 Å². The van der Waals surface area contributed by atoms with E-state index in [2.05, 4.69) is 33.4 Å². The Morgan fingerprint density at radius 2 is 1.60 bits per heavy atom. The molecule has 4 rings (SSSR count). The maximum absolute atomic E-state index is 13.0. The van der Waals surface area contributed by atoms with Crippen LogP contribution in [-0.2, 0) is 23.1 Å². The molecule has 0 aliphatic heterocycles. The minimum Gasteiger partial charge on any atom is -0.333 e. The highest BCUT2D eigenvalue weighted by Crippen LogP contribution is 2.28. The number of amides is 2. The normalized spacial score (nSPS) is 11.4. The largest absolute Gasteiger partial charge is 0.333 e. The monoisotopic (exact) mass is 488 g/mol. The zero-order valence-corrected chi connectivity index (χ0v) is 20.5. The molecule has 1 heterocycles. The number of rotatable bonds is 8. The van der Waals surface area contributed by atoms with Gasteiger partial charge in [0.05, 0.1) is 4.90 Å². The van der Waals surface area contributed by atoms with Gasteiger partial charge in [0, 0.05) is 37.0 Å². The van der Waals surface area contributed by atoms with Crippen LogP contribution in [0.5, 0.6) is 0 Å². The van der Waals surface area contributed by atoms with Gasteiger partial charge in [-0.3, -0.25) is 0 Å². The highest BCUT2D eigenvalue weighted by molar-refractivity contribution is 7.90. The molecular formula is C27H28N4O3S. The molecule has 0 aliphatic carbocycles. The van der Waals surface area contributed by atoms with Crippen molar-refractivity contribution in [3.8, 4) is 11.1 Å². The Kier molecular flexibility index (Phi) is 7.31. The van der Waals surface area contributed by atoms with Gasteiger partial charge in [-0.25, -0.2) is 22.9 Å². The molecule has 8 heteroatoms. The van der Waals surface area contributed by atoms with E-state index in [0.29, 0.717) is 18.0 Å². The van der Waals surface area contributed by atoms with Crippen molar-refractivity contribution in [3.63, 3.8) is 0 Å². The molecule has 35 heavy (non-hydrogen) atoms. The van der Waals surface area contributed by atoms with E-state index in [9.17, 15) is 13.2 Å². The zero-order valence-electron chi connectivity index (χ0n) is 19.7. The number of hydrogen-bond acceptors (Lipinski definition) is 4. The van der Waals surface area contributed by atoms with Crippen molar-refractivity contribution < 1.29 is 13.2 Å². The van der Waals surface area contributed by atoms with E-state index in [4.69, 9.17) is 0 Å². The Balaban J connectivity index is 1.50. The number of sulfonamides is 1. The lowest BCUT2D eigenvalue weighted by molar-refractivity contribution is 0.245. The standard InChI is InChI=1S/C27H28N4O3S/c1-20(2)26-28-16-17-31(26)19-22-12-14-23(15-13-22)24-10-6-7-11-25(24)35(33,34)30-27(32)29-18-21-8-4-3-5-9-21/h3-17,20H,18-19H2,1-2H3,(H2,29,30,32). The van der Waals surface area contributed by atoms with Gasteiger partial charge in [0.1, 0.15) is 5.82 Å². The molecule has 3 aromatic carbocycles. The predicted octanol–water partition coefficient (Wildman–Crippen LogP) is 4.91. The molecule has 0 radical (unpaired) electrons. The highest BCUT2D eigenvalue weighted by atomic mass is 32.2. The molecule has 0 saturated heterocycles. The molecule has 2 amide bonds. The van der Waals surface area contributed by atoms with Crippen LogP contribution in [0, 0.1) is 0 Å². The highest BCUT2D eigenvalue weighted by Gasteiger charge is 2.21. The number of imidazole rings is 1. The summed E-state index contributed by atoms with van der Waals surface area (Å²) < 4.78 is 30.3. The molecule has 0 aliphatic rings. The average molecular weight is 489 g/mol. The fourth-order valence-corrected chi connectivity index (χ4v) is 5.03. The molecule has 2 N–H and O–H groups in total. The number of nitrogens with zero attached hydrogens (tertiary/aromatic N) is 2. The van der Waals surface area contributed by atoms with Crippen LogP contribution in [0.3, 0.4) is 0 Å². The summed E-state index contributed by atoms with van der Waals surface area (Å²) in [7, 11) is -4.08. The summed E-state index contributed by atoms with van der Waals surface area (Å²) in [6, 6.07) is 22.9. The van der Waals surface area contributed by atoms with E-state index >= 15 is 0 Å². The number of carbonyl (C=O) groups excluding carboxylic acids is 1. The first-order valence-electron chi connectivity index (χ1n) is 11.4. The third-order valence-electron chi connectivity index (χ3n) is 5.58. The van der Waals surface area contributed by atoms with Gasteiger partial charge < -0.3 is 9.88 Å². The molecule has 0 bridgehead atoms. The molecule has 4 aromatic rings. The number of carbonyl (C=O) groups is 1. The molecule has 0 unspecified atom stereocenters. The van der Waals surface area contributed by atoms with E-state index in [1.807, 2.05) is 60.8 Å². The summed E-state index contributed by atoms with van der Waals surface area (Å²) in [5, 5.41) is 2.59. The molecule has 0 saturated carbocycles. The van der Waals surface area contributed by atoms with Crippen molar-refractivity contribution in [2.75, 3.05) is 0 Å². The smallest absolute Gasteiger partial charge is 0.328 e. The van der Waals surface area contributed by atoms with Crippen molar-refractivity contribution in [2.24, 2.45) is 0 Å². The third-order valence-corrected chi connectivity index (χ3v) is 6.97. The van der Waals surface area contributed by atoms with Crippen molar-refractivity contribution >= 4 is 16.1 Å². The van der Waals surface area contributed by atoms with Crippen LogP contribution in [0.1, 0.15) is 36.7 Å². The average Bonchev–Trinajstić information content (AvgIpc) is 3.32. The zero-order chi connectivity index (χ0) is 24.8. The van der Waals surface area contributed by atoms with Crippen LogP contribution in [0.4, 0.5) is 4.79 Å². The van der Waals surface area contributed by atoms with Gasteiger partial charge in [-0.05, 0) is 22.8 Å². The van der Waals surface area contributed by atoms with Gasteiger partial charge in [0.2, 0.25) is 0 Å². The summed E-state index contributed by atoms with van der Waals surface area (Å²) in [5.74, 6) is 1.33. The minimum atomic E-state index is -4.08. The van der Waals surface area contributed by atoms with Gasteiger partial charge in [-0.1, -0.05) is 86.6 Å². The Labute approximate surface area is 205 Å². The van der Waals surface area contributed by atoms with E-state index in [1.54, 1.807) is 24.4 Å². The van der Waals surface area contributed by atoms with E-state index in [-0.39, 0.29) is 11.4 Å². The Bertz CT molecular complexity index is 1400. The predicted molar refractivity (Wildman–Crippen MR) is 136 cm³/mol. The van der Waals surface area contributed by atoms with Gasteiger partial charge in [0.15, 0.2) is 0 Å². The molecule has 0 fully saturated rings. The van der Waals surface area contributed by atoms with Gasteiger partial charge in [-0.2, -0.15) is 0 Å². The van der Waals surface area contributed by atoms with Crippen molar-refractivity contribution in [2.45, 2.75) is 37.8 Å². The Hall–Kier alpha value is -3.91. The van der Waals surface area contributed by atoms with Crippen LogP contribution in [0.15, 0.2) is 96.2 Å². The molecule has 180 valence electrons. The van der Waals surface area contributed by atoms with Crippen LogP contribution >= 0.6 is 0 Å². The molecule has 0 spiro atoms. The number of benzene rings is 3. The van der Waals surface area contributed by atoms with Crippen molar-refractivity contribution in [3.05, 3.63) is 108 Å². The fourth-order valence-electron chi connectivity index (χ4n) is 3.87. The first-order valence-corrected chi connectivity index (χ1v) is 12.9. The maximum Gasteiger partial charge on any atom is 0.328 e. The molecular weight excluding hydrogens is 460 g/mol. The van der Waals surface area contributed by atoms with Crippen LogP contribution in [0.2, 0.25) is 0 Å². The first-order chi connectivity index (χ1) is 16.8. The second-order valence-corrected chi connectivity index (χ2v) is 10.2. The topological polar surface area (TPSA) is 93.1 Å². The van der Waals surface area contributed by atoms with Crippen LogP contribution in [0.25, 0.3) is 11.1 Å². The third kappa shape index (κ3) is 5.96. The number of urea groups is 1. The summed E-state index contributed by atoms with van der Waals surface area (Å²) >= 11 is 0. The molecule has 7 nitrogen and oxygen atoms in total. The van der Waals surface area contributed by atoms with Gasteiger partial charge >= 0.3 is 6.03 Å². The number of nitrogens with one attached hydrogen (secondary N) is 2. The van der Waals surface area contributed by atoms with Crippen LogP contribution < -0.4 is 10.0 Å². The first kappa shape index (κ1) is 24.2. The van der Waals surface area contributed by atoms with E-state index < -0.39 is 16.1 Å². The quantitative estimate of drug-likeness (QED) is 0.369. The number of hydrogen-bond donors (Lipinski definition) is 2. The summed E-state index contributed by atoms with van der Waals surface area (Å²) in [6.07, 6.45) is 3.76. The Morgan fingerprint density at radius 1 is 0.914 bits per heavy atom. The fraction of sp³-hybridized carbons (Fsp3) is 0.185. The maximum atomic E-state index is 13.0. The van der Waals surface area contributed by atoms with Crippen LogP contribution in [-0.4, -0.2) is 24.0 Å². The summed E-state index contributed by atoms with van der Waals surface area (Å²) in [6.45, 7) is 5.11. The lowest BCUT2D eigenvalue weighted by atomic mass is 10.0. The second-order valence-electron chi connectivity index (χ2n) is 8.53. The van der Waals surface area contributed by atoms with E-state index in [0.717, 1.165) is 22.5 Å². The summed E-state index contributed by atoms with van der Waals surface area (Å²) in [4.78, 5) is 16.8. The Morgan fingerprint density at radius 3 is 2.31 bits per heavy atom. The number of aromatic nitrogens is 2. The van der Waals surface area contributed by atoms with Gasteiger partial charge in [0.25, 0.3) is 10.0 Å². The lowest BCUT2D eigenvalue weighted by Gasteiger charge is -2.14. The summed E-state index contributed by atoms with van der Waals surface area (Å²) in [5.41, 5.74) is 3.21. The van der Waals surface area contributed by atoms with E-state index in [1.165, 1.54) is 6.07 Å². The SMILES string of the molecule is CC(C)c1nccn1Cc1ccc(-c2ccccc2S(=O)(=O)NC(=O)NCc2ccccc2)cc1.